The molecule has 3 N–H and O–H groups in total. The minimum absolute atomic E-state index is 0.0455. The summed E-state index contributed by atoms with van der Waals surface area (Å²) in [6.45, 7) is 10.5. The van der Waals surface area contributed by atoms with Crippen molar-refractivity contribution in [2.75, 3.05) is 81.4 Å². The highest BCUT2D eigenvalue weighted by atomic mass is 32.2. The molecule has 16 heteroatoms. The van der Waals surface area contributed by atoms with Gasteiger partial charge in [0.15, 0.2) is 15.6 Å². The number of hydrogen-bond acceptors (Lipinski definition) is 11. The van der Waals surface area contributed by atoms with Crippen LogP contribution < -0.4 is 29.6 Å². The van der Waals surface area contributed by atoms with E-state index in [4.69, 9.17) is 14.2 Å². The Morgan fingerprint density at radius 3 is 2.18 bits per heavy atom. The van der Waals surface area contributed by atoms with Crippen molar-refractivity contribution in [3.05, 3.63) is 102 Å². The lowest BCUT2D eigenvalue weighted by molar-refractivity contribution is 0.154. The first kappa shape index (κ1) is 44.1. The Hall–Kier alpha value is -5.42. The van der Waals surface area contributed by atoms with Gasteiger partial charge in [-0.15, -0.1) is 0 Å². The zero-order chi connectivity index (χ0) is 43.2. The van der Waals surface area contributed by atoms with E-state index >= 15 is 0 Å². The Kier molecular flexibility index (Phi) is 13.6. The number of ether oxygens (including phenoxy) is 3. The summed E-state index contributed by atoms with van der Waals surface area (Å²) in [5.74, 6) is 1.61. The van der Waals surface area contributed by atoms with Crippen LogP contribution in [0.2, 0.25) is 0 Å². The fraction of sp³-hybridized carbons (Fsp3) is 0.364. The molecule has 0 radical (unpaired) electrons. The molecule has 0 bridgehead atoms. The van der Waals surface area contributed by atoms with Crippen LogP contribution in [0.15, 0.2) is 90.0 Å². The third-order valence-electron chi connectivity index (χ3n) is 10.3. The van der Waals surface area contributed by atoms with Crippen LogP contribution in [-0.4, -0.2) is 104 Å². The van der Waals surface area contributed by atoms with Crippen molar-refractivity contribution in [1.29, 1.82) is 0 Å². The van der Waals surface area contributed by atoms with E-state index in [-0.39, 0.29) is 33.2 Å². The number of pyridine rings is 1. The van der Waals surface area contributed by atoms with Gasteiger partial charge < -0.3 is 34.6 Å². The molecule has 60 heavy (non-hydrogen) atoms. The third kappa shape index (κ3) is 11.2. The van der Waals surface area contributed by atoms with Gasteiger partial charge in [-0.25, -0.2) is 21.6 Å². The van der Waals surface area contributed by atoms with E-state index in [1.54, 1.807) is 54.7 Å². The molecule has 1 aliphatic heterocycles. The molecule has 1 fully saturated rings. The summed E-state index contributed by atoms with van der Waals surface area (Å²) < 4.78 is 71.1. The molecular weight excluding hydrogens is 805 g/mol. The zero-order valence-corrected chi connectivity index (χ0v) is 36.8. The summed E-state index contributed by atoms with van der Waals surface area (Å²) in [6.07, 6.45) is 3.67. The number of piperazine rings is 1. The van der Waals surface area contributed by atoms with Gasteiger partial charge in [0, 0.05) is 61.3 Å². The van der Waals surface area contributed by atoms with Crippen LogP contribution >= 0.6 is 0 Å². The molecule has 0 unspecified atom stereocenters. The van der Waals surface area contributed by atoms with E-state index in [0.29, 0.717) is 41.5 Å². The molecule has 1 saturated heterocycles. The molecule has 2 heterocycles. The predicted molar refractivity (Wildman–Crippen MR) is 237 cm³/mol. The van der Waals surface area contributed by atoms with Gasteiger partial charge in [0.2, 0.25) is 10.0 Å². The molecule has 14 nitrogen and oxygen atoms in total. The molecule has 320 valence electrons. The first-order valence-corrected chi connectivity index (χ1v) is 23.2. The molecule has 1 aromatic heterocycles. The van der Waals surface area contributed by atoms with E-state index in [1.807, 2.05) is 51.1 Å². The van der Waals surface area contributed by atoms with E-state index in [2.05, 4.69) is 37.2 Å². The van der Waals surface area contributed by atoms with Crippen LogP contribution in [0.3, 0.4) is 0 Å². The topological polar surface area (TPSA) is 168 Å². The van der Waals surface area contributed by atoms with Crippen molar-refractivity contribution in [2.24, 2.45) is 0 Å². The average molecular weight is 859 g/mol. The minimum atomic E-state index is -3.65. The number of sulfone groups is 1. The van der Waals surface area contributed by atoms with Crippen molar-refractivity contribution in [3.8, 4) is 23.0 Å². The van der Waals surface area contributed by atoms with Crippen LogP contribution in [0.25, 0.3) is 10.8 Å². The highest BCUT2D eigenvalue weighted by molar-refractivity contribution is 7.92. The number of aromatic nitrogens is 1. The predicted octanol–water partition coefficient (Wildman–Crippen LogP) is 7.36. The van der Waals surface area contributed by atoms with Crippen molar-refractivity contribution in [3.63, 3.8) is 0 Å². The Morgan fingerprint density at radius 2 is 1.50 bits per heavy atom. The van der Waals surface area contributed by atoms with Crippen LogP contribution in [0.1, 0.15) is 44.0 Å². The number of carbonyl (C=O) groups is 1. The number of nitrogens with one attached hydrogen (secondary N) is 3. The minimum Gasteiger partial charge on any atom is -0.495 e. The molecule has 0 spiro atoms. The second-order valence-electron chi connectivity index (χ2n) is 16.0. The first-order chi connectivity index (χ1) is 28.4. The fourth-order valence-corrected chi connectivity index (χ4v) is 9.09. The number of hydrogen-bond donors (Lipinski definition) is 3. The smallest absolute Gasteiger partial charge is 0.323 e. The maximum Gasteiger partial charge on any atom is 0.323 e. The quantitative estimate of drug-likeness (QED) is 0.0962. The van der Waals surface area contributed by atoms with E-state index < -0.39 is 25.9 Å². The van der Waals surface area contributed by atoms with Gasteiger partial charge in [0.1, 0.15) is 22.1 Å². The molecule has 2 amide bonds. The van der Waals surface area contributed by atoms with Crippen molar-refractivity contribution in [2.45, 2.75) is 43.9 Å². The molecule has 0 aliphatic carbocycles. The Morgan fingerprint density at radius 1 is 0.800 bits per heavy atom. The fourth-order valence-electron chi connectivity index (χ4n) is 7.09. The van der Waals surface area contributed by atoms with E-state index in [0.717, 1.165) is 60.9 Å². The molecule has 1 aliphatic rings. The van der Waals surface area contributed by atoms with Crippen LogP contribution in [0.4, 0.5) is 21.9 Å². The Balaban J connectivity index is 1.15. The van der Waals surface area contributed by atoms with Gasteiger partial charge in [-0.2, -0.15) is 0 Å². The van der Waals surface area contributed by atoms with Gasteiger partial charge in [-0.05, 0) is 79.0 Å². The normalized spacial score (nSPS) is 14.1. The van der Waals surface area contributed by atoms with E-state index in [9.17, 15) is 21.6 Å². The largest absolute Gasteiger partial charge is 0.495 e. The average Bonchev–Trinajstić information content (AvgIpc) is 3.18. The van der Waals surface area contributed by atoms with Crippen LogP contribution in [0, 0.1) is 0 Å². The summed E-state index contributed by atoms with van der Waals surface area (Å²) in [4.78, 5) is 22.9. The number of benzene rings is 4. The van der Waals surface area contributed by atoms with Gasteiger partial charge in [0.25, 0.3) is 0 Å². The molecule has 0 atom stereocenters. The van der Waals surface area contributed by atoms with Crippen LogP contribution in [0.5, 0.6) is 23.0 Å². The Labute approximate surface area is 353 Å². The second-order valence-corrected chi connectivity index (χ2v) is 19.9. The maximum atomic E-state index is 13.5. The summed E-state index contributed by atoms with van der Waals surface area (Å²) >= 11 is 0. The van der Waals surface area contributed by atoms with E-state index in [1.165, 1.54) is 14.2 Å². The number of rotatable bonds is 15. The monoisotopic (exact) mass is 858 g/mol. The van der Waals surface area contributed by atoms with Crippen molar-refractivity contribution >= 4 is 53.7 Å². The zero-order valence-electron chi connectivity index (χ0n) is 35.2. The lowest BCUT2D eigenvalue weighted by atomic mass is 9.86. The summed E-state index contributed by atoms with van der Waals surface area (Å²) in [5.41, 5.74) is 2.96. The molecule has 0 saturated carbocycles. The van der Waals surface area contributed by atoms with Gasteiger partial charge in [-0.1, -0.05) is 51.1 Å². The number of nitrogens with zero attached hydrogens (tertiary/aromatic N) is 3. The number of carbonyl (C=O) groups excluding carboxylic acids is 1. The number of amides is 2. The molecular formula is C44H54N6O8S2. The Bertz CT molecular complexity index is 2570. The summed E-state index contributed by atoms with van der Waals surface area (Å²) in [5, 5.41) is 7.23. The molecule has 5 aromatic rings. The lowest BCUT2D eigenvalue weighted by Gasteiger charge is -2.32. The summed E-state index contributed by atoms with van der Waals surface area (Å²) in [6, 6.07) is 22.6. The SMILES string of the molecule is COc1cc(Cc2cc(Oc3ccc(NC(=O)Nc4cc(C(C)(C)C)cc(NS(C)(=O)=O)c4OC)c4ccccc34)ccn2)ccc1S(=O)(=O)CCCN1CCN(C)CC1. The summed E-state index contributed by atoms with van der Waals surface area (Å²) in [7, 11) is -2.22. The number of methoxy groups -OCH3 is 2. The number of sulfonamides is 1. The number of urea groups is 1. The van der Waals surface area contributed by atoms with Crippen molar-refractivity contribution < 1.29 is 35.8 Å². The standard InChI is InChI=1S/C44H54N6O8S2/c1-44(2,3)31-27-37(42(57-6)38(28-31)48-59(7,52)53)47-43(51)46-36-14-15-39(35-12-9-8-11-34(35)36)58-33-17-18-45-32(29-33)25-30-13-16-41(40(26-30)56-5)60(54,55)24-10-19-50-22-20-49(4)21-23-50/h8-9,11-18,26-29,48H,10,19-25H2,1-7H3,(H2,46,47,51). The lowest BCUT2D eigenvalue weighted by Crippen LogP contribution is -2.44. The van der Waals surface area contributed by atoms with Gasteiger partial charge in [0.05, 0.1) is 43.3 Å². The second kappa shape index (κ2) is 18.5. The first-order valence-electron chi connectivity index (χ1n) is 19.7. The highest BCUT2D eigenvalue weighted by Gasteiger charge is 2.24. The third-order valence-corrected chi connectivity index (χ3v) is 12.7. The molecule has 4 aromatic carbocycles. The van der Waals surface area contributed by atoms with Gasteiger partial charge >= 0.3 is 6.03 Å². The number of fused-ring (bicyclic) bond motifs is 1. The number of likely N-dealkylation sites (N-methyl/N-ethyl adjacent to an activating group) is 1. The maximum absolute atomic E-state index is 13.5. The molecule has 6 rings (SSSR count). The van der Waals surface area contributed by atoms with Crippen molar-refractivity contribution in [1.82, 2.24) is 14.8 Å². The highest BCUT2D eigenvalue weighted by Crippen LogP contribution is 2.40. The number of anilines is 3. The van der Waals surface area contributed by atoms with Crippen LogP contribution in [-0.2, 0) is 31.7 Å². The van der Waals surface area contributed by atoms with Gasteiger partial charge in [-0.3, -0.25) is 9.71 Å².